The number of carbonyl (C=O) groups excluding carboxylic acids is 2. The molecule has 1 rings (SSSR count). The van der Waals surface area contributed by atoms with Crippen molar-refractivity contribution < 1.29 is 19.1 Å². The molecule has 1 aromatic carbocycles. The summed E-state index contributed by atoms with van der Waals surface area (Å²) < 4.78 is 10.3. The van der Waals surface area contributed by atoms with Gasteiger partial charge in [-0.2, -0.15) is 0 Å². The van der Waals surface area contributed by atoms with Crippen molar-refractivity contribution in [1.82, 2.24) is 5.32 Å². The second kappa shape index (κ2) is 9.15. The lowest BCUT2D eigenvalue weighted by atomic mass is 10.1. The Morgan fingerprint density at radius 3 is 2.43 bits per heavy atom. The Kier molecular flexibility index (Phi) is 7.54. The van der Waals surface area contributed by atoms with E-state index >= 15 is 0 Å². The SMILES string of the molecule is CC(C)(C)OC(=O)NC[C@@H](CN)CC(=O)OCc1ccccc1. The third-order valence-corrected chi connectivity index (χ3v) is 2.97. The molecule has 0 fully saturated rings. The van der Waals surface area contributed by atoms with Crippen LogP contribution in [-0.2, 0) is 20.9 Å². The van der Waals surface area contributed by atoms with E-state index < -0.39 is 11.7 Å². The van der Waals surface area contributed by atoms with Crippen molar-refractivity contribution in [3.05, 3.63) is 35.9 Å². The number of nitrogens with one attached hydrogen (secondary N) is 1. The topological polar surface area (TPSA) is 90.6 Å². The molecule has 0 aliphatic heterocycles. The van der Waals surface area contributed by atoms with Gasteiger partial charge in [0.2, 0.25) is 0 Å². The number of amides is 1. The first-order chi connectivity index (χ1) is 10.8. The minimum Gasteiger partial charge on any atom is -0.461 e. The molecular weight excluding hydrogens is 296 g/mol. The first kappa shape index (κ1) is 19.0. The summed E-state index contributed by atoms with van der Waals surface area (Å²) in [6.07, 6.45) is -0.368. The maximum Gasteiger partial charge on any atom is 0.407 e. The molecule has 6 heteroatoms. The molecule has 0 saturated heterocycles. The van der Waals surface area contributed by atoms with E-state index in [2.05, 4.69) is 5.32 Å². The van der Waals surface area contributed by atoms with Gasteiger partial charge in [-0.05, 0) is 38.8 Å². The van der Waals surface area contributed by atoms with E-state index in [0.717, 1.165) is 5.56 Å². The van der Waals surface area contributed by atoms with Gasteiger partial charge in [0.1, 0.15) is 12.2 Å². The van der Waals surface area contributed by atoms with Gasteiger partial charge in [-0.25, -0.2) is 4.79 Å². The molecule has 1 aromatic rings. The number of rotatable bonds is 7. The lowest BCUT2D eigenvalue weighted by molar-refractivity contribution is -0.146. The van der Waals surface area contributed by atoms with Crippen LogP contribution in [0, 0.1) is 5.92 Å². The molecule has 0 bridgehead atoms. The first-order valence-electron chi connectivity index (χ1n) is 7.66. The van der Waals surface area contributed by atoms with Gasteiger partial charge in [-0.15, -0.1) is 0 Å². The van der Waals surface area contributed by atoms with Gasteiger partial charge in [0.25, 0.3) is 0 Å². The predicted octanol–water partition coefficient (Wildman–Crippen LogP) is 2.22. The summed E-state index contributed by atoms with van der Waals surface area (Å²) >= 11 is 0. The molecular formula is C17H26N2O4. The quantitative estimate of drug-likeness (QED) is 0.751. The Morgan fingerprint density at radius 2 is 1.87 bits per heavy atom. The monoisotopic (exact) mass is 322 g/mol. The van der Waals surface area contributed by atoms with Crippen LogP contribution in [0.15, 0.2) is 30.3 Å². The van der Waals surface area contributed by atoms with E-state index in [1.165, 1.54) is 0 Å². The molecule has 128 valence electrons. The third-order valence-electron chi connectivity index (χ3n) is 2.97. The number of alkyl carbamates (subject to hydrolysis) is 1. The minimum atomic E-state index is -0.559. The molecule has 0 aliphatic rings. The third kappa shape index (κ3) is 8.83. The summed E-state index contributed by atoms with van der Waals surface area (Å²) in [5.74, 6) is -0.527. The Bertz CT molecular complexity index is 497. The number of esters is 1. The molecule has 6 nitrogen and oxygen atoms in total. The zero-order valence-electron chi connectivity index (χ0n) is 14.0. The summed E-state index contributed by atoms with van der Waals surface area (Å²) in [6, 6.07) is 9.45. The van der Waals surface area contributed by atoms with Gasteiger partial charge in [0.15, 0.2) is 0 Å². The van der Waals surface area contributed by atoms with Crippen LogP contribution in [0.1, 0.15) is 32.8 Å². The Labute approximate surface area is 137 Å². The van der Waals surface area contributed by atoms with Gasteiger partial charge >= 0.3 is 12.1 Å². The van der Waals surface area contributed by atoms with Crippen molar-refractivity contribution in [2.75, 3.05) is 13.1 Å². The number of hydrogen-bond acceptors (Lipinski definition) is 5. The smallest absolute Gasteiger partial charge is 0.407 e. The Morgan fingerprint density at radius 1 is 1.22 bits per heavy atom. The van der Waals surface area contributed by atoms with Crippen LogP contribution >= 0.6 is 0 Å². The van der Waals surface area contributed by atoms with Crippen LogP contribution < -0.4 is 11.1 Å². The highest BCUT2D eigenvalue weighted by Gasteiger charge is 2.19. The summed E-state index contributed by atoms with van der Waals surface area (Å²) in [7, 11) is 0. The van der Waals surface area contributed by atoms with Gasteiger partial charge in [-0.1, -0.05) is 30.3 Å². The van der Waals surface area contributed by atoms with Crippen LogP contribution in [0.25, 0.3) is 0 Å². The van der Waals surface area contributed by atoms with Crippen LogP contribution in [0.2, 0.25) is 0 Å². The van der Waals surface area contributed by atoms with E-state index in [9.17, 15) is 9.59 Å². The second-order valence-corrected chi connectivity index (χ2v) is 6.33. The molecule has 0 saturated carbocycles. The van der Waals surface area contributed by atoms with Crippen molar-refractivity contribution in [2.24, 2.45) is 11.7 Å². The number of carbonyl (C=O) groups is 2. The molecule has 23 heavy (non-hydrogen) atoms. The van der Waals surface area contributed by atoms with Crippen molar-refractivity contribution >= 4 is 12.1 Å². The fourth-order valence-corrected chi connectivity index (χ4v) is 1.81. The van der Waals surface area contributed by atoms with E-state index in [1.807, 2.05) is 30.3 Å². The average molecular weight is 322 g/mol. The summed E-state index contributed by atoms with van der Waals surface area (Å²) in [4.78, 5) is 23.4. The van der Waals surface area contributed by atoms with Crippen molar-refractivity contribution in [1.29, 1.82) is 0 Å². The molecule has 1 atom stereocenters. The molecule has 1 amide bonds. The number of ether oxygens (including phenoxy) is 2. The van der Waals surface area contributed by atoms with Crippen molar-refractivity contribution in [3.63, 3.8) is 0 Å². The minimum absolute atomic E-state index is 0.152. The highest BCUT2D eigenvalue weighted by atomic mass is 16.6. The number of nitrogens with two attached hydrogens (primary N) is 1. The van der Waals surface area contributed by atoms with Crippen LogP contribution in [0.4, 0.5) is 4.79 Å². The van der Waals surface area contributed by atoms with Gasteiger partial charge < -0.3 is 20.5 Å². The fourth-order valence-electron chi connectivity index (χ4n) is 1.81. The molecule has 0 heterocycles. The largest absolute Gasteiger partial charge is 0.461 e. The normalized spacial score (nSPS) is 12.3. The van der Waals surface area contributed by atoms with Crippen LogP contribution in [-0.4, -0.2) is 30.8 Å². The Hall–Kier alpha value is -2.08. The van der Waals surface area contributed by atoms with E-state index in [0.29, 0.717) is 0 Å². The maximum absolute atomic E-state index is 11.8. The standard InChI is InChI=1S/C17H26N2O4/c1-17(2,3)23-16(21)19-11-14(10-18)9-15(20)22-12-13-7-5-4-6-8-13/h4-8,14H,9-12,18H2,1-3H3,(H,19,21)/t14-/m1/s1. The summed E-state index contributed by atoms with van der Waals surface area (Å²) in [5.41, 5.74) is 6.01. The fraction of sp³-hybridized carbons (Fsp3) is 0.529. The summed E-state index contributed by atoms with van der Waals surface area (Å²) in [5, 5.41) is 2.62. The van der Waals surface area contributed by atoms with E-state index in [4.69, 9.17) is 15.2 Å². The number of benzene rings is 1. The Balaban J connectivity index is 2.32. The summed E-state index contributed by atoms with van der Waals surface area (Å²) in [6.45, 7) is 6.13. The predicted molar refractivity (Wildman–Crippen MR) is 87.6 cm³/mol. The van der Waals surface area contributed by atoms with E-state index in [-0.39, 0.29) is 38.0 Å². The van der Waals surface area contributed by atoms with Crippen molar-refractivity contribution in [2.45, 2.75) is 39.4 Å². The second-order valence-electron chi connectivity index (χ2n) is 6.33. The highest BCUT2D eigenvalue weighted by Crippen LogP contribution is 2.08. The van der Waals surface area contributed by atoms with E-state index in [1.54, 1.807) is 20.8 Å². The van der Waals surface area contributed by atoms with Gasteiger partial charge in [0.05, 0.1) is 6.42 Å². The molecule has 0 radical (unpaired) electrons. The molecule has 0 spiro atoms. The zero-order chi connectivity index (χ0) is 17.3. The van der Waals surface area contributed by atoms with Crippen molar-refractivity contribution in [3.8, 4) is 0 Å². The van der Waals surface area contributed by atoms with Crippen LogP contribution in [0.5, 0.6) is 0 Å². The number of hydrogen-bond donors (Lipinski definition) is 2. The first-order valence-corrected chi connectivity index (χ1v) is 7.66. The molecule has 0 aromatic heterocycles. The van der Waals surface area contributed by atoms with Crippen LogP contribution in [0.3, 0.4) is 0 Å². The molecule has 0 aliphatic carbocycles. The van der Waals surface area contributed by atoms with Gasteiger partial charge in [0, 0.05) is 6.54 Å². The average Bonchev–Trinajstić information content (AvgIpc) is 2.48. The zero-order valence-corrected chi connectivity index (χ0v) is 14.0. The lowest BCUT2D eigenvalue weighted by Gasteiger charge is -2.21. The molecule has 3 N–H and O–H groups in total. The molecule has 0 unspecified atom stereocenters. The maximum atomic E-state index is 11.8. The highest BCUT2D eigenvalue weighted by molar-refractivity contribution is 5.70. The lowest BCUT2D eigenvalue weighted by Crippen LogP contribution is -2.37. The van der Waals surface area contributed by atoms with Gasteiger partial charge in [-0.3, -0.25) is 4.79 Å².